The Balaban J connectivity index is 1.51. The molecule has 0 saturated carbocycles. The molecule has 1 fully saturated rings. The highest BCUT2D eigenvalue weighted by molar-refractivity contribution is 6.35. The second-order valence-corrected chi connectivity index (χ2v) is 9.51. The van der Waals surface area contributed by atoms with Crippen molar-refractivity contribution in [2.75, 3.05) is 37.7 Å². The van der Waals surface area contributed by atoms with E-state index in [1.54, 1.807) is 26.5 Å². The molecule has 2 atom stereocenters. The zero-order chi connectivity index (χ0) is 26.8. The number of benzene rings is 1. The van der Waals surface area contributed by atoms with Gasteiger partial charge in [-0.1, -0.05) is 18.2 Å². The molecular weight excluding hydrogens is 508 g/mol. The fourth-order valence-corrected chi connectivity index (χ4v) is 4.99. The maximum absolute atomic E-state index is 11.9. The van der Waals surface area contributed by atoms with Crippen molar-refractivity contribution in [3.05, 3.63) is 59.4 Å². The Labute approximate surface area is 226 Å². The highest BCUT2D eigenvalue weighted by Crippen LogP contribution is 2.46. The lowest BCUT2D eigenvalue weighted by Gasteiger charge is -2.34. The minimum atomic E-state index is -0.224. The average molecular weight is 537 g/mol. The highest BCUT2D eigenvalue weighted by atomic mass is 35.5. The van der Waals surface area contributed by atoms with E-state index in [9.17, 15) is 4.79 Å². The number of fused-ring (bicyclic) bond motifs is 3. The standard InChI is InChI=1S/C27H29ClN6O4/c1-5-23(35)31-19-6-7-38-14-20(19)32-27-30-12-16-13-34(21-9-17(36-3)10-22(37-4)24(21)28)26-18(25(16)33-27)8-15(2)11-29-26/h5,8-12,19-20H,1,6-7,13-14H2,2-4H3,(H,31,35)(H,30,32,33)/t19-,20+/m0/s1. The minimum absolute atomic E-state index is 0.134. The van der Waals surface area contributed by atoms with Gasteiger partial charge in [-0.25, -0.2) is 15.0 Å². The number of nitrogens with one attached hydrogen (secondary N) is 2. The fourth-order valence-electron chi connectivity index (χ4n) is 4.70. The van der Waals surface area contributed by atoms with Crippen LogP contribution in [0.15, 0.2) is 43.2 Å². The van der Waals surface area contributed by atoms with Crippen molar-refractivity contribution in [3.63, 3.8) is 0 Å². The molecule has 2 aromatic heterocycles. The van der Waals surface area contributed by atoms with E-state index in [2.05, 4.69) is 22.2 Å². The molecule has 0 radical (unpaired) electrons. The summed E-state index contributed by atoms with van der Waals surface area (Å²) in [5, 5.41) is 6.77. The van der Waals surface area contributed by atoms with Gasteiger partial charge < -0.3 is 29.7 Å². The van der Waals surface area contributed by atoms with Crippen molar-refractivity contribution < 1.29 is 19.0 Å². The zero-order valence-corrected chi connectivity index (χ0v) is 22.2. The van der Waals surface area contributed by atoms with Crippen LogP contribution in [-0.2, 0) is 16.1 Å². The molecule has 2 aliphatic rings. The smallest absolute Gasteiger partial charge is 0.243 e. The van der Waals surface area contributed by atoms with Crippen molar-refractivity contribution >= 4 is 35.0 Å². The number of methoxy groups -OCH3 is 2. The van der Waals surface area contributed by atoms with Crippen LogP contribution in [0.5, 0.6) is 11.5 Å². The molecule has 0 spiro atoms. The number of rotatable bonds is 7. The van der Waals surface area contributed by atoms with Crippen LogP contribution in [0.25, 0.3) is 11.3 Å². The first kappa shape index (κ1) is 25.7. The Morgan fingerprint density at radius 3 is 2.82 bits per heavy atom. The molecule has 2 N–H and O–H groups in total. The Morgan fingerprint density at radius 2 is 2.05 bits per heavy atom. The first-order valence-electron chi connectivity index (χ1n) is 12.2. The van der Waals surface area contributed by atoms with Gasteiger partial charge in [-0.15, -0.1) is 0 Å². The molecule has 1 amide bonds. The Morgan fingerprint density at radius 1 is 1.21 bits per heavy atom. The van der Waals surface area contributed by atoms with Gasteiger partial charge >= 0.3 is 0 Å². The van der Waals surface area contributed by atoms with Gasteiger partial charge in [0.1, 0.15) is 22.3 Å². The maximum Gasteiger partial charge on any atom is 0.243 e. The van der Waals surface area contributed by atoms with Crippen molar-refractivity contribution in [2.24, 2.45) is 0 Å². The first-order valence-corrected chi connectivity index (χ1v) is 12.6. The van der Waals surface area contributed by atoms with Gasteiger partial charge in [0.15, 0.2) is 0 Å². The summed E-state index contributed by atoms with van der Waals surface area (Å²) in [5.74, 6) is 2.05. The van der Waals surface area contributed by atoms with Crippen LogP contribution in [0.2, 0.25) is 5.02 Å². The molecule has 10 nitrogen and oxygen atoms in total. The molecule has 0 aliphatic carbocycles. The van der Waals surface area contributed by atoms with E-state index >= 15 is 0 Å². The summed E-state index contributed by atoms with van der Waals surface area (Å²) >= 11 is 6.75. The fraction of sp³-hybridized carbons (Fsp3) is 0.333. The highest BCUT2D eigenvalue weighted by Gasteiger charge is 2.31. The second kappa shape index (κ2) is 10.8. The number of carbonyl (C=O) groups is 1. The molecule has 0 unspecified atom stereocenters. The first-order chi connectivity index (χ1) is 18.4. The van der Waals surface area contributed by atoms with Gasteiger partial charge in [0.2, 0.25) is 11.9 Å². The molecule has 2 aliphatic heterocycles. The van der Waals surface area contributed by atoms with Crippen LogP contribution in [0.1, 0.15) is 17.5 Å². The van der Waals surface area contributed by atoms with Gasteiger partial charge in [0.25, 0.3) is 0 Å². The monoisotopic (exact) mass is 536 g/mol. The summed E-state index contributed by atoms with van der Waals surface area (Å²) in [4.78, 5) is 28.2. The van der Waals surface area contributed by atoms with E-state index in [4.69, 9.17) is 35.8 Å². The summed E-state index contributed by atoms with van der Waals surface area (Å²) < 4.78 is 16.6. The number of nitrogens with zero attached hydrogens (tertiary/aromatic N) is 4. The number of hydrogen-bond acceptors (Lipinski definition) is 9. The summed E-state index contributed by atoms with van der Waals surface area (Å²) in [6, 6.07) is 5.33. The number of halogens is 1. The van der Waals surface area contributed by atoms with Crippen LogP contribution in [0.4, 0.5) is 17.5 Å². The molecule has 5 rings (SSSR count). The van der Waals surface area contributed by atoms with Crippen LogP contribution in [0, 0.1) is 6.92 Å². The third kappa shape index (κ3) is 4.97. The predicted molar refractivity (Wildman–Crippen MR) is 145 cm³/mol. The third-order valence-electron chi connectivity index (χ3n) is 6.63. The van der Waals surface area contributed by atoms with Gasteiger partial charge in [0, 0.05) is 42.3 Å². The number of aromatic nitrogens is 3. The van der Waals surface area contributed by atoms with E-state index in [-0.39, 0.29) is 18.0 Å². The van der Waals surface area contributed by atoms with Gasteiger partial charge in [-0.2, -0.15) is 0 Å². The van der Waals surface area contributed by atoms with Crippen LogP contribution >= 0.6 is 11.6 Å². The lowest BCUT2D eigenvalue weighted by molar-refractivity contribution is -0.117. The third-order valence-corrected chi connectivity index (χ3v) is 7.01. The summed E-state index contributed by atoms with van der Waals surface area (Å²) in [6.45, 7) is 6.96. The Hall–Kier alpha value is -3.89. The predicted octanol–water partition coefficient (Wildman–Crippen LogP) is 4.04. The minimum Gasteiger partial charge on any atom is -0.497 e. The van der Waals surface area contributed by atoms with Crippen LogP contribution in [0.3, 0.4) is 0 Å². The molecular formula is C27H29ClN6O4. The molecule has 4 heterocycles. The van der Waals surface area contributed by atoms with Gasteiger partial charge in [0.05, 0.1) is 50.8 Å². The molecule has 0 bridgehead atoms. The van der Waals surface area contributed by atoms with E-state index in [0.29, 0.717) is 60.2 Å². The van der Waals surface area contributed by atoms with Crippen LogP contribution < -0.4 is 25.0 Å². The number of pyridine rings is 1. The zero-order valence-electron chi connectivity index (χ0n) is 21.5. The van der Waals surface area contributed by atoms with E-state index in [0.717, 1.165) is 22.4 Å². The van der Waals surface area contributed by atoms with Crippen molar-refractivity contribution in [1.29, 1.82) is 0 Å². The Kier molecular flexibility index (Phi) is 7.35. The summed E-state index contributed by atoms with van der Waals surface area (Å²) in [7, 11) is 3.17. The summed E-state index contributed by atoms with van der Waals surface area (Å²) in [6.07, 6.45) is 5.56. The molecule has 3 aromatic rings. The van der Waals surface area contributed by atoms with Crippen LogP contribution in [-0.4, -0.2) is 60.4 Å². The van der Waals surface area contributed by atoms with Crippen molar-refractivity contribution in [1.82, 2.24) is 20.3 Å². The molecule has 11 heteroatoms. The average Bonchev–Trinajstić information content (AvgIpc) is 2.93. The molecule has 1 aromatic carbocycles. The number of carbonyl (C=O) groups excluding carboxylic acids is 1. The SMILES string of the molecule is C=CC(=O)N[C@H]1CCOC[C@H]1Nc1ncc2c(n1)-c1cc(C)cnc1N(c1cc(OC)cc(OC)c1Cl)C2. The van der Waals surface area contributed by atoms with Crippen molar-refractivity contribution in [2.45, 2.75) is 32.0 Å². The quantitative estimate of drug-likeness (QED) is 0.432. The van der Waals surface area contributed by atoms with Gasteiger partial charge in [-0.05, 0) is 31.1 Å². The topological polar surface area (TPSA) is 111 Å². The molecule has 38 heavy (non-hydrogen) atoms. The second-order valence-electron chi connectivity index (χ2n) is 9.13. The lowest BCUT2D eigenvalue weighted by Crippen LogP contribution is -2.52. The largest absolute Gasteiger partial charge is 0.497 e. The van der Waals surface area contributed by atoms with E-state index in [1.165, 1.54) is 6.08 Å². The van der Waals surface area contributed by atoms with Gasteiger partial charge in [-0.3, -0.25) is 4.79 Å². The number of aryl methyl sites for hydroxylation is 1. The molecule has 198 valence electrons. The van der Waals surface area contributed by atoms with Crippen molar-refractivity contribution in [3.8, 4) is 22.8 Å². The number of amides is 1. The number of anilines is 3. The molecule has 1 saturated heterocycles. The normalized spacial score (nSPS) is 18.2. The van der Waals surface area contributed by atoms with E-state index < -0.39 is 0 Å². The van der Waals surface area contributed by atoms with E-state index in [1.807, 2.05) is 30.2 Å². The number of hydrogen-bond donors (Lipinski definition) is 2. The lowest BCUT2D eigenvalue weighted by atomic mass is 10.0. The summed E-state index contributed by atoms with van der Waals surface area (Å²) in [5.41, 5.74) is 4.23. The Bertz CT molecular complexity index is 1380. The number of ether oxygens (including phenoxy) is 3. The maximum atomic E-state index is 11.9.